The van der Waals surface area contributed by atoms with E-state index in [1.165, 1.54) is 11.2 Å². The van der Waals surface area contributed by atoms with E-state index in [9.17, 15) is 21.6 Å². The highest BCUT2D eigenvalue weighted by atomic mass is 32.2. The molecule has 0 spiro atoms. The van der Waals surface area contributed by atoms with E-state index in [-0.39, 0.29) is 22.1 Å². The van der Waals surface area contributed by atoms with Gasteiger partial charge in [0.1, 0.15) is 0 Å². The van der Waals surface area contributed by atoms with Crippen molar-refractivity contribution >= 4 is 15.7 Å². The smallest absolute Gasteiger partial charge is 0.398 e. The standard InChI is InChI=1S/C14H19F3N2O2S/c1-9-4-3-5-19(8-9)22(20,21)13-7-11(14(15,16)17)6-12(18)10(13)2/h6-7,9H,3-5,8,18H2,1-2H3. The number of nitrogen functional groups attached to an aromatic ring is 1. The molecule has 4 nitrogen and oxygen atoms in total. The van der Waals surface area contributed by atoms with Crippen molar-refractivity contribution < 1.29 is 21.6 Å². The summed E-state index contributed by atoms with van der Waals surface area (Å²) in [5, 5.41) is 0. The Kier molecular flexibility index (Phi) is 4.45. The summed E-state index contributed by atoms with van der Waals surface area (Å²) in [6.07, 6.45) is -3.02. The predicted octanol–water partition coefficient (Wildman–Crippen LogP) is 3.02. The third kappa shape index (κ3) is 3.22. The second-order valence-corrected chi connectivity index (χ2v) is 7.70. The lowest BCUT2D eigenvalue weighted by Crippen LogP contribution is -2.39. The van der Waals surface area contributed by atoms with Crippen LogP contribution in [0.25, 0.3) is 0 Å². The minimum Gasteiger partial charge on any atom is -0.398 e. The quantitative estimate of drug-likeness (QED) is 0.845. The lowest BCUT2D eigenvalue weighted by Gasteiger charge is -2.30. The maximum Gasteiger partial charge on any atom is 0.416 e. The van der Waals surface area contributed by atoms with Crippen LogP contribution in [0, 0.1) is 12.8 Å². The molecule has 1 aromatic carbocycles. The Morgan fingerprint density at radius 2 is 1.95 bits per heavy atom. The molecule has 1 aliphatic rings. The monoisotopic (exact) mass is 336 g/mol. The fraction of sp³-hybridized carbons (Fsp3) is 0.571. The van der Waals surface area contributed by atoms with E-state index in [4.69, 9.17) is 5.73 Å². The molecule has 124 valence electrons. The Hall–Kier alpha value is -1.28. The molecule has 1 fully saturated rings. The summed E-state index contributed by atoms with van der Waals surface area (Å²) in [5.74, 6) is 0.187. The number of nitrogens with two attached hydrogens (primary N) is 1. The van der Waals surface area contributed by atoms with Crippen molar-refractivity contribution in [2.75, 3.05) is 18.8 Å². The number of hydrogen-bond acceptors (Lipinski definition) is 3. The van der Waals surface area contributed by atoms with Crippen LogP contribution in [0.3, 0.4) is 0 Å². The van der Waals surface area contributed by atoms with Gasteiger partial charge in [0.25, 0.3) is 0 Å². The molecule has 22 heavy (non-hydrogen) atoms. The van der Waals surface area contributed by atoms with E-state index >= 15 is 0 Å². The molecule has 0 aliphatic carbocycles. The minimum atomic E-state index is -4.64. The molecule has 1 unspecified atom stereocenters. The highest BCUT2D eigenvalue weighted by molar-refractivity contribution is 7.89. The predicted molar refractivity (Wildman–Crippen MR) is 77.8 cm³/mol. The third-order valence-corrected chi connectivity index (χ3v) is 5.96. The summed E-state index contributed by atoms with van der Waals surface area (Å²) in [7, 11) is -3.98. The number of rotatable bonds is 2. The molecule has 0 saturated carbocycles. The summed E-state index contributed by atoms with van der Waals surface area (Å²) in [6, 6.07) is 1.45. The molecule has 1 aliphatic heterocycles. The third-order valence-electron chi connectivity index (χ3n) is 3.97. The largest absolute Gasteiger partial charge is 0.416 e. The molecule has 0 radical (unpaired) electrons. The number of sulfonamides is 1. The average Bonchev–Trinajstić information content (AvgIpc) is 2.40. The highest BCUT2D eigenvalue weighted by Crippen LogP contribution is 2.36. The average molecular weight is 336 g/mol. The van der Waals surface area contributed by atoms with Crippen LogP contribution < -0.4 is 5.73 Å². The first kappa shape index (κ1) is 17.1. The number of halogens is 3. The Bertz CT molecular complexity index is 671. The Labute approximate surface area is 128 Å². The zero-order valence-corrected chi connectivity index (χ0v) is 13.3. The zero-order chi connectivity index (χ0) is 16.7. The van der Waals surface area contributed by atoms with Crippen molar-refractivity contribution in [3.8, 4) is 0 Å². The van der Waals surface area contributed by atoms with Gasteiger partial charge in [0.15, 0.2) is 0 Å². The molecule has 0 aromatic heterocycles. The molecular formula is C14H19F3N2O2S. The van der Waals surface area contributed by atoms with Crippen molar-refractivity contribution in [3.05, 3.63) is 23.3 Å². The van der Waals surface area contributed by atoms with Gasteiger partial charge in [-0.1, -0.05) is 6.92 Å². The number of hydrogen-bond donors (Lipinski definition) is 1. The van der Waals surface area contributed by atoms with Crippen LogP contribution in [-0.2, 0) is 16.2 Å². The lowest BCUT2D eigenvalue weighted by molar-refractivity contribution is -0.137. The van der Waals surface area contributed by atoms with Crippen LogP contribution in [0.1, 0.15) is 30.9 Å². The molecule has 1 saturated heterocycles. The summed E-state index contributed by atoms with van der Waals surface area (Å²) in [4.78, 5) is -0.353. The van der Waals surface area contributed by atoms with Crippen LogP contribution in [0.15, 0.2) is 17.0 Å². The van der Waals surface area contributed by atoms with Gasteiger partial charge in [0.2, 0.25) is 10.0 Å². The SMILES string of the molecule is Cc1c(N)cc(C(F)(F)F)cc1S(=O)(=O)N1CCCC(C)C1. The van der Waals surface area contributed by atoms with Gasteiger partial charge in [0, 0.05) is 18.8 Å². The molecule has 1 heterocycles. The van der Waals surface area contributed by atoms with Crippen molar-refractivity contribution in [2.24, 2.45) is 5.92 Å². The molecule has 8 heteroatoms. The second kappa shape index (κ2) is 5.73. The highest BCUT2D eigenvalue weighted by Gasteiger charge is 2.36. The number of anilines is 1. The van der Waals surface area contributed by atoms with Crippen LogP contribution in [-0.4, -0.2) is 25.8 Å². The van der Waals surface area contributed by atoms with E-state index in [0.717, 1.165) is 12.5 Å². The van der Waals surface area contributed by atoms with Crippen LogP contribution in [0.5, 0.6) is 0 Å². The molecule has 0 bridgehead atoms. The fourth-order valence-corrected chi connectivity index (χ4v) is 4.52. The number of benzene rings is 1. The van der Waals surface area contributed by atoms with Crippen molar-refractivity contribution in [2.45, 2.75) is 37.8 Å². The van der Waals surface area contributed by atoms with Gasteiger partial charge in [-0.3, -0.25) is 0 Å². The first-order valence-electron chi connectivity index (χ1n) is 7.01. The fourth-order valence-electron chi connectivity index (χ4n) is 2.64. The van der Waals surface area contributed by atoms with Crippen molar-refractivity contribution in [3.63, 3.8) is 0 Å². The molecule has 2 N–H and O–H groups in total. The minimum absolute atomic E-state index is 0.159. The van der Waals surface area contributed by atoms with Crippen molar-refractivity contribution in [1.82, 2.24) is 4.31 Å². The molecule has 1 atom stereocenters. The number of nitrogens with zero attached hydrogens (tertiary/aromatic N) is 1. The van der Waals surface area contributed by atoms with Gasteiger partial charge in [-0.2, -0.15) is 17.5 Å². The van der Waals surface area contributed by atoms with Gasteiger partial charge in [-0.25, -0.2) is 8.42 Å². The first-order valence-corrected chi connectivity index (χ1v) is 8.45. The molecule has 0 amide bonds. The van der Waals surface area contributed by atoms with Crippen molar-refractivity contribution in [1.29, 1.82) is 0 Å². The van der Waals surface area contributed by atoms with E-state index in [1.807, 2.05) is 6.92 Å². The van der Waals surface area contributed by atoms with E-state index < -0.39 is 21.8 Å². The summed E-state index contributed by atoms with van der Waals surface area (Å²) >= 11 is 0. The van der Waals surface area contributed by atoms with Crippen LogP contribution in [0.2, 0.25) is 0 Å². The van der Waals surface area contributed by atoms with Crippen LogP contribution in [0.4, 0.5) is 18.9 Å². The first-order chi connectivity index (χ1) is 10.0. The Balaban J connectivity index is 2.53. The van der Waals surface area contributed by atoms with Gasteiger partial charge in [-0.15, -0.1) is 0 Å². The van der Waals surface area contributed by atoms with Crippen LogP contribution >= 0.6 is 0 Å². The topological polar surface area (TPSA) is 63.4 Å². The summed E-state index contributed by atoms with van der Waals surface area (Å²) in [6.45, 7) is 3.99. The molecular weight excluding hydrogens is 317 g/mol. The summed E-state index contributed by atoms with van der Waals surface area (Å²) in [5.41, 5.74) is 4.54. The lowest BCUT2D eigenvalue weighted by atomic mass is 10.0. The number of alkyl halides is 3. The van der Waals surface area contributed by atoms with E-state index in [2.05, 4.69) is 0 Å². The Morgan fingerprint density at radius 3 is 2.50 bits per heavy atom. The maximum absolute atomic E-state index is 12.9. The second-order valence-electron chi connectivity index (χ2n) is 5.80. The number of piperidine rings is 1. The Morgan fingerprint density at radius 1 is 1.32 bits per heavy atom. The van der Waals surface area contributed by atoms with Gasteiger partial charge >= 0.3 is 6.18 Å². The zero-order valence-electron chi connectivity index (χ0n) is 12.4. The van der Waals surface area contributed by atoms with E-state index in [1.54, 1.807) is 0 Å². The molecule has 2 rings (SSSR count). The maximum atomic E-state index is 12.9. The molecule has 1 aromatic rings. The summed E-state index contributed by atoms with van der Waals surface area (Å²) < 4.78 is 65.4. The van der Waals surface area contributed by atoms with Gasteiger partial charge in [0.05, 0.1) is 10.5 Å². The van der Waals surface area contributed by atoms with E-state index in [0.29, 0.717) is 25.6 Å². The normalized spacial score (nSPS) is 21.0. The van der Waals surface area contributed by atoms with Gasteiger partial charge in [-0.05, 0) is 43.4 Å². The van der Waals surface area contributed by atoms with Gasteiger partial charge < -0.3 is 5.73 Å².